The van der Waals surface area contributed by atoms with E-state index in [4.69, 9.17) is 23.2 Å². The quantitative estimate of drug-likeness (QED) is 0.265. The molecule has 3 saturated carbocycles. The van der Waals surface area contributed by atoms with Crippen molar-refractivity contribution in [3.8, 4) is 0 Å². The maximum Gasteiger partial charge on any atom is 0.0664 e. The molecule has 1 aromatic carbocycles. The van der Waals surface area contributed by atoms with Crippen LogP contribution in [0.1, 0.15) is 95.5 Å². The van der Waals surface area contributed by atoms with E-state index in [0.717, 1.165) is 27.6 Å². The maximum absolute atomic E-state index is 6.57. The van der Waals surface area contributed by atoms with E-state index in [0.29, 0.717) is 5.02 Å². The number of hydrogen-bond donors (Lipinski definition) is 0. The van der Waals surface area contributed by atoms with E-state index in [1.165, 1.54) is 89.9 Å². The van der Waals surface area contributed by atoms with E-state index in [2.05, 4.69) is 12.1 Å². The normalized spacial score (nSPS) is 25.9. The van der Waals surface area contributed by atoms with Gasteiger partial charge < -0.3 is 0 Å². The van der Waals surface area contributed by atoms with Gasteiger partial charge in [-0.1, -0.05) is 99.9 Å². The summed E-state index contributed by atoms with van der Waals surface area (Å²) in [6.45, 7) is 0. The molecule has 0 saturated heterocycles. The summed E-state index contributed by atoms with van der Waals surface area (Å²) in [7, 11) is 0.0877. The first-order valence-electron chi connectivity index (χ1n) is 11.7. The monoisotopic (exact) mass is 538 g/mol. The average Bonchev–Trinajstić information content (AvgIpc) is 2.74. The van der Waals surface area contributed by atoms with Gasteiger partial charge in [0, 0.05) is 25.1 Å². The van der Waals surface area contributed by atoms with Crippen molar-refractivity contribution in [2.24, 2.45) is 0 Å². The van der Waals surface area contributed by atoms with Crippen LogP contribution in [0.5, 0.6) is 0 Å². The van der Waals surface area contributed by atoms with E-state index < -0.39 is 0 Å². The van der Waals surface area contributed by atoms with Gasteiger partial charge >= 0.3 is 0 Å². The van der Waals surface area contributed by atoms with Gasteiger partial charge in [-0.05, 0) is 67.9 Å². The molecule has 1 atom stereocenters. The van der Waals surface area contributed by atoms with E-state index in [-0.39, 0.29) is 27.4 Å². The SMILES string of the molecule is Clc1cccc(C=C2CCCCC2P(C2CCCCC2)C2CCCCC2)c1Cl.[Ru]. The second-order valence-corrected chi connectivity index (χ2v) is 12.9. The first-order chi connectivity index (χ1) is 13.7. The fraction of sp³-hybridized carbons (Fsp3) is 0.680. The van der Waals surface area contributed by atoms with Gasteiger partial charge in [0.15, 0.2) is 0 Å². The van der Waals surface area contributed by atoms with Crippen LogP contribution >= 0.6 is 31.1 Å². The Balaban J connectivity index is 0.00000240. The molecule has 0 heterocycles. The van der Waals surface area contributed by atoms with E-state index in [1.54, 1.807) is 5.57 Å². The van der Waals surface area contributed by atoms with Crippen molar-refractivity contribution in [1.82, 2.24) is 0 Å². The van der Waals surface area contributed by atoms with E-state index in [9.17, 15) is 0 Å². The zero-order valence-corrected chi connectivity index (χ0v) is 21.6. The molecule has 1 aromatic rings. The maximum atomic E-state index is 6.57. The molecule has 3 aliphatic rings. The Morgan fingerprint density at radius 3 is 1.97 bits per heavy atom. The summed E-state index contributed by atoms with van der Waals surface area (Å²) in [5.41, 5.74) is 5.72. The van der Waals surface area contributed by atoms with Crippen molar-refractivity contribution in [2.75, 3.05) is 0 Å². The van der Waals surface area contributed by atoms with Gasteiger partial charge in [0.05, 0.1) is 10.0 Å². The largest absolute Gasteiger partial charge is 0.0930 e. The van der Waals surface area contributed by atoms with Crippen molar-refractivity contribution in [2.45, 2.75) is 107 Å². The summed E-state index contributed by atoms with van der Waals surface area (Å²) in [5.74, 6) is 0. The van der Waals surface area contributed by atoms with Crippen molar-refractivity contribution < 1.29 is 19.5 Å². The Morgan fingerprint density at radius 1 is 0.759 bits per heavy atom. The van der Waals surface area contributed by atoms with Gasteiger partial charge in [0.2, 0.25) is 0 Å². The molecule has 4 heteroatoms. The van der Waals surface area contributed by atoms with E-state index in [1.807, 2.05) is 12.1 Å². The second kappa shape index (κ2) is 12.0. The topological polar surface area (TPSA) is 0 Å². The van der Waals surface area contributed by atoms with Gasteiger partial charge in [-0.25, -0.2) is 0 Å². The number of hydrogen-bond acceptors (Lipinski definition) is 0. The third-order valence-electron chi connectivity index (χ3n) is 7.30. The molecule has 0 nitrogen and oxygen atoms in total. The summed E-state index contributed by atoms with van der Waals surface area (Å²) in [4.78, 5) is 0. The fourth-order valence-corrected chi connectivity index (χ4v) is 10.9. The molecule has 3 fully saturated rings. The summed E-state index contributed by atoms with van der Waals surface area (Å²) in [6.07, 6.45) is 22.7. The Bertz CT molecular complexity index is 659. The van der Waals surface area contributed by atoms with Crippen LogP contribution in [0.25, 0.3) is 6.08 Å². The van der Waals surface area contributed by atoms with Crippen LogP contribution in [0.4, 0.5) is 0 Å². The molecule has 0 bridgehead atoms. The van der Waals surface area contributed by atoms with Crippen molar-refractivity contribution in [3.05, 3.63) is 39.4 Å². The zero-order chi connectivity index (χ0) is 19.3. The van der Waals surface area contributed by atoms with Gasteiger partial charge in [0.25, 0.3) is 0 Å². The molecule has 3 aliphatic carbocycles. The standard InChI is InChI=1S/C25H35Cl2P.Ru/c26-23-16-9-11-20(25(23)27)18-19-10-7-8-17-24(19)28(21-12-3-1-4-13-21)22-14-5-2-6-15-22;/h9,11,16,18,21-22,24H,1-8,10,12-15,17H2;. The predicted octanol–water partition coefficient (Wildman–Crippen LogP) is 9.46. The molecule has 4 rings (SSSR count). The Kier molecular flexibility index (Phi) is 10.0. The number of halogens is 2. The second-order valence-electron chi connectivity index (χ2n) is 9.15. The third-order valence-corrected chi connectivity index (χ3v) is 12.2. The van der Waals surface area contributed by atoms with E-state index >= 15 is 0 Å². The van der Waals surface area contributed by atoms with Gasteiger partial charge in [0.1, 0.15) is 0 Å². The van der Waals surface area contributed by atoms with Crippen LogP contribution < -0.4 is 0 Å². The summed E-state index contributed by atoms with van der Waals surface area (Å²) < 4.78 is 0. The smallest absolute Gasteiger partial charge is 0.0664 e. The zero-order valence-electron chi connectivity index (χ0n) is 17.5. The molecule has 0 radical (unpaired) electrons. The predicted molar refractivity (Wildman–Crippen MR) is 127 cm³/mol. The van der Waals surface area contributed by atoms with Gasteiger partial charge in [-0.2, -0.15) is 0 Å². The first-order valence-corrected chi connectivity index (χ1v) is 14.0. The molecule has 162 valence electrons. The number of rotatable bonds is 4. The van der Waals surface area contributed by atoms with Crippen molar-refractivity contribution in [3.63, 3.8) is 0 Å². The van der Waals surface area contributed by atoms with Crippen LogP contribution in [-0.4, -0.2) is 17.0 Å². The molecule has 0 spiro atoms. The van der Waals surface area contributed by atoms with Crippen molar-refractivity contribution >= 4 is 37.2 Å². The van der Waals surface area contributed by atoms with Crippen LogP contribution in [0, 0.1) is 0 Å². The van der Waals surface area contributed by atoms with Crippen LogP contribution in [-0.2, 0) is 19.5 Å². The molecule has 0 aliphatic heterocycles. The molecule has 29 heavy (non-hydrogen) atoms. The van der Waals surface area contributed by atoms with Gasteiger partial charge in [-0.15, -0.1) is 0 Å². The van der Waals surface area contributed by atoms with Crippen LogP contribution in [0.2, 0.25) is 10.0 Å². The minimum atomic E-state index is 0. The fourth-order valence-electron chi connectivity index (χ4n) is 5.92. The van der Waals surface area contributed by atoms with Crippen LogP contribution in [0.3, 0.4) is 0 Å². The minimum Gasteiger partial charge on any atom is -0.0930 e. The van der Waals surface area contributed by atoms with Crippen molar-refractivity contribution in [1.29, 1.82) is 0 Å². The Morgan fingerprint density at radius 2 is 1.34 bits per heavy atom. The summed E-state index contributed by atoms with van der Waals surface area (Å²) in [6, 6.07) is 6.10. The average molecular weight is 539 g/mol. The first kappa shape index (κ1) is 24.2. The molecule has 1 unspecified atom stereocenters. The number of benzene rings is 1. The molecule has 0 N–H and O–H groups in total. The third kappa shape index (κ3) is 6.10. The molecule has 0 aromatic heterocycles. The van der Waals surface area contributed by atoms with Gasteiger partial charge in [-0.3, -0.25) is 0 Å². The number of allylic oxidation sites excluding steroid dienone is 1. The summed E-state index contributed by atoms with van der Waals surface area (Å²) in [5, 5.41) is 1.42. The van der Waals surface area contributed by atoms with Crippen LogP contribution in [0.15, 0.2) is 23.8 Å². The Hall–Kier alpha value is 0.593. The Labute approximate surface area is 202 Å². The minimum absolute atomic E-state index is 0. The molecular formula is C25H35Cl2PRu. The summed E-state index contributed by atoms with van der Waals surface area (Å²) >= 11 is 12.9. The molecule has 0 amide bonds. The molecular weight excluding hydrogens is 503 g/mol.